The molecule has 0 amide bonds. The van der Waals surface area contributed by atoms with Crippen LogP contribution in [0.15, 0.2) is 18.2 Å². The summed E-state index contributed by atoms with van der Waals surface area (Å²) >= 11 is 0. The molecule has 2 aromatic heterocycles. The predicted molar refractivity (Wildman–Crippen MR) is 44.3 cm³/mol. The summed E-state index contributed by atoms with van der Waals surface area (Å²) < 4.78 is 4.92. The minimum Gasteiger partial charge on any atom is -0.495 e. The molecule has 12 heavy (non-hydrogen) atoms. The zero-order valence-corrected chi connectivity index (χ0v) is 6.53. The largest absolute Gasteiger partial charge is 0.495 e. The molecule has 0 aliphatic heterocycles. The van der Waals surface area contributed by atoms with Gasteiger partial charge in [0.2, 0.25) is 5.88 Å². The number of methoxy groups -OCH3 is 1. The Bertz CT molecular complexity index is 408. The van der Waals surface area contributed by atoms with Crippen molar-refractivity contribution in [1.82, 2.24) is 9.97 Å². The van der Waals surface area contributed by atoms with Crippen molar-refractivity contribution in [1.29, 1.82) is 0 Å². The lowest BCUT2D eigenvalue weighted by atomic mass is 10.4. The predicted octanol–water partition coefficient (Wildman–Crippen LogP) is 1.28. The van der Waals surface area contributed by atoms with E-state index in [4.69, 9.17) is 9.84 Å². The Morgan fingerprint density at radius 3 is 3.08 bits per heavy atom. The molecule has 0 fully saturated rings. The number of nitrogens with zero attached hydrogens (tertiary/aromatic N) is 1. The first-order chi connectivity index (χ1) is 5.79. The van der Waals surface area contributed by atoms with Gasteiger partial charge in [-0.2, -0.15) is 0 Å². The SMILES string of the molecule is COc1ccc2[nH]c(O)cc2n1. The Balaban J connectivity index is 2.66. The number of ether oxygens (including phenoxy) is 1. The molecule has 2 heterocycles. The zero-order chi connectivity index (χ0) is 8.55. The molecular formula is C8H8N2O2. The number of hydrogen-bond acceptors (Lipinski definition) is 3. The number of aromatic amines is 1. The van der Waals surface area contributed by atoms with Gasteiger partial charge in [-0.05, 0) is 6.07 Å². The van der Waals surface area contributed by atoms with Crippen molar-refractivity contribution < 1.29 is 9.84 Å². The van der Waals surface area contributed by atoms with E-state index in [1.54, 1.807) is 25.3 Å². The molecule has 4 nitrogen and oxygen atoms in total. The monoisotopic (exact) mass is 164 g/mol. The quantitative estimate of drug-likeness (QED) is 0.667. The number of H-pyrrole nitrogens is 1. The molecule has 4 heteroatoms. The van der Waals surface area contributed by atoms with E-state index in [1.165, 1.54) is 0 Å². The maximum absolute atomic E-state index is 9.08. The van der Waals surface area contributed by atoms with Crippen molar-refractivity contribution in [3.05, 3.63) is 18.2 Å². The van der Waals surface area contributed by atoms with Crippen molar-refractivity contribution in [2.45, 2.75) is 0 Å². The summed E-state index contributed by atoms with van der Waals surface area (Å²) in [7, 11) is 1.56. The molecule has 0 saturated carbocycles. The highest BCUT2D eigenvalue weighted by atomic mass is 16.5. The van der Waals surface area contributed by atoms with E-state index >= 15 is 0 Å². The van der Waals surface area contributed by atoms with Crippen molar-refractivity contribution in [2.24, 2.45) is 0 Å². The van der Waals surface area contributed by atoms with Crippen LogP contribution in [-0.2, 0) is 0 Å². The first-order valence-electron chi connectivity index (χ1n) is 3.52. The zero-order valence-electron chi connectivity index (χ0n) is 6.53. The van der Waals surface area contributed by atoms with E-state index in [-0.39, 0.29) is 5.88 Å². The van der Waals surface area contributed by atoms with Gasteiger partial charge < -0.3 is 14.8 Å². The van der Waals surface area contributed by atoms with Crippen LogP contribution in [0.4, 0.5) is 0 Å². The summed E-state index contributed by atoms with van der Waals surface area (Å²) in [4.78, 5) is 6.85. The van der Waals surface area contributed by atoms with Gasteiger partial charge >= 0.3 is 0 Å². The van der Waals surface area contributed by atoms with Gasteiger partial charge in [0.1, 0.15) is 0 Å². The molecule has 0 aliphatic carbocycles. The average molecular weight is 164 g/mol. The third kappa shape index (κ3) is 0.972. The molecule has 2 N–H and O–H groups in total. The lowest BCUT2D eigenvalue weighted by Crippen LogP contribution is -1.85. The van der Waals surface area contributed by atoms with Crippen molar-refractivity contribution >= 4 is 11.0 Å². The number of aromatic hydroxyl groups is 1. The van der Waals surface area contributed by atoms with Crippen LogP contribution in [0.3, 0.4) is 0 Å². The second-order valence-electron chi connectivity index (χ2n) is 2.44. The first-order valence-corrected chi connectivity index (χ1v) is 3.52. The summed E-state index contributed by atoms with van der Waals surface area (Å²) in [5.74, 6) is 0.659. The van der Waals surface area contributed by atoms with Gasteiger partial charge in [0.25, 0.3) is 0 Å². The Morgan fingerprint density at radius 2 is 2.33 bits per heavy atom. The topological polar surface area (TPSA) is 58.1 Å². The normalized spacial score (nSPS) is 10.4. The van der Waals surface area contributed by atoms with E-state index in [9.17, 15) is 0 Å². The number of hydrogen-bond donors (Lipinski definition) is 2. The minimum atomic E-state index is 0.116. The van der Waals surface area contributed by atoms with Crippen molar-refractivity contribution in [2.75, 3.05) is 7.11 Å². The highest BCUT2D eigenvalue weighted by molar-refractivity contribution is 5.77. The van der Waals surface area contributed by atoms with Crippen LogP contribution in [0.5, 0.6) is 11.8 Å². The molecule has 2 aromatic rings. The third-order valence-corrected chi connectivity index (χ3v) is 1.64. The molecule has 0 atom stereocenters. The van der Waals surface area contributed by atoms with Gasteiger partial charge in [-0.25, -0.2) is 4.98 Å². The standard InChI is InChI=1S/C8H8N2O2/c1-12-8-3-2-5-6(10-8)4-7(11)9-5/h2-4,9,11H,1H3. The van der Waals surface area contributed by atoms with E-state index in [2.05, 4.69) is 9.97 Å². The van der Waals surface area contributed by atoms with Crippen LogP contribution in [0.1, 0.15) is 0 Å². The van der Waals surface area contributed by atoms with Gasteiger partial charge in [-0.15, -0.1) is 0 Å². The molecule has 0 aromatic carbocycles. The molecular weight excluding hydrogens is 156 g/mol. The van der Waals surface area contributed by atoms with Crippen LogP contribution in [-0.4, -0.2) is 22.2 Å². The van der Waals surface area contributed by atoms with Gasteiger partial charge in [0, 0.05) is 12.1 Å². The summed E-state index contributed by atoms with van der Waals surface area (Å²) in [5, 5.41) is 9.08. The van der Waals surface area contributed by atoms with E-state index in [0.717, 1.165) is 5.52 Å². The molecule has 0 bridgehead atoms. The number of pyridine rings is 1. The second-order valence-corrected chi connectivity index (χ2v) is 2.44. The fraction of sp³-hybridized carbons (Fsp3) is 0.125. The highest BCUT2D eigenvalue weighted by Crippen LogP contribution is 2.19. The fourth-order valence-corrected chi connectivity index (χ4v) is 1.09. The Kier molecular flexibility index (Phi) is 1.40. The molecule has 0 aliphatic rings. The molecule has 0 unspecified atom stereocenters. The Morgan fingerprint density at radius 1 is 1.50 bits per heavy atom. The van der Waals surface area contributed by atoms with Crippen molar-refractivity contribution in [3.8, 4) is 11.8 Å². The number of aromatic nitrogens is 2. The number of rotatable bonds is 1. The van der Waals surface area contributed by atoms with Crippen LogP contribution in [0.25, 0.3) is 11.0 Å². The Hall–Kier alpha value is -1.71. The summed E-state index contributed by atoms with van der Waals surface area (Å²) in [6.45, 7) is 0. The summed E-state index contributed by atoms with van der Waals surface area (Å²) in [5.41, 5.74) is 1.50. The number of fused-ring (bicyclic) bond motifs is 1. The first kappa shape index (κ1) is 6.97. The molecule has 2 rings (SSSR count). The average Bonchev–Trinajstić information content (AvgIpc) is 2.43. The lowest BCUT2D eigenvalue weighted by Gasteiger charge is -1.95. The lowest BCUT2D eigenvalue weighted by molar-refractivity contribution is 0.399. The summed E-state index contributed by atoms with van der Waals surface area (Å²) in [6, 6.07) is 5.09. The summed E-state index contributed by atoms with van der Waals surface area (Å²) in [6.07, 6.45) is 0. The van der Waals surface area contributed by atoms with Gasteiger partial charge in [-0.3, -0.25) is 0 Å². The maximum Gasteiger partial charge on any atom is 0.213 e. The van der Waals surface area contributed by atoms with Crippen LogP contribution in [0.2, 0.25) is 0 Å². The van der Waals surface area contributed by atoms with Crippen LogP contribution in [0, 0.1) is 0 Å². The smallest absolute Gasteiger partial charge is 0.213 e. The molecule has 0 radical (unpaired) electrons. The third-order valence-electron chi connectivity index (χ3n) is 1.64. The van der Waals surface area contributed by atoms with Crippen molar-refractivity contribution in [3.63, 3.8) is 0 Å². The molecule has 0 spiro atoms. The minimum absolute atomic E-state index is 0.116. The van der Waals surface area contributed by atoms with Gasteiger partial charge in [0.05, 0.1) is 18.1 Å². The Labute approximate surface area is 68.8 Å². The number of nitrogens with one attached hydrogen (secondary N) is 1. The van der Waals surface area contributed by atoms with E-state index in [1.807, 2.05) is 0 Å². The van der Waals surface area contributed by atoms with E-state index < -0.39 is 0 Å². The van der Waals surface area contributed by atoms with Gasteiger partial charge in [0.15, 0.2) is 5.88 Å². The second kappa shape index (κ2) is 2.41. The maximum atomic E-state index is 9.08. The van der Waals surface area contributed by atoms with E-state index in [0.29, 0.717) is 11.4 Å². The van der Waals surface area contributed by atoms with Gasteiger partial charge in [-0.1, -0.05) is 0 Å². The van der Waals surface area contributed by atoms with Crippen LogP contribution < -0.4 is 4.74 Å². The molecule has 62 valence electrons. The fourth-order valence-electron chi connectivity index (χ4n) is 1.09. The van der Waals surface area contributed by atoms with Crippen LogP contribution >= 0.6 is 0 Å². The molecule has 0 saturated heterocycles. The highest BCUT2D eigenvalue weighted by Gasteiger charge is 2.01.